The maximum atomic E-state index is 13.2. The van der Waals surface area contributed by atoms with Gasteiger partial charge in [-0.2, -0.15) is 0 Å². The molecular weight excluding hydrogens is 267 g/mol. The third kappa shape index (κ3) is 2.94. The monoisotopic (exact) mass is 286 g/mol. The third-order valence-electron chi connectivity index (χ3n) is 3.80. The Labute approximate surface area is 124 Å². The second-order valence-electron chi connectivity index (χ2n) is 5.33. The lowest BCUT2D eigenvalue weighted by Crippen LogP contribution is -2.34. The summed E-state index contributed by atoms with van der Waals surface area (Å²) in [5.41, 5.74) is 8.63. The number of anilines is 2. The van der Waals surface area contributed by atoms with Gasteiger partial charge in [-0.1, -0.05) is 6.07 Å². The maximum absolute atomic E-state index is 13.2. The van der Waals surface area contributed by atoms with E-state index in [0.29, 0.717) is 0 Å². The lowest BCUT2D eigenvalue weighted by Gasteiger charge is -2.26. The highest BCUT2D eigenvalue weighted by Crippen LogP contribution is 2.30. The Morgan fingerprint density at radius 3 is 2.90 bits per heavy atom. The SMILES string of the molecule is CCN(CC1Cc2cc(F)ccc2O1)c1cccc(N)c1. The standard InChI is InChI=1S/C17H19FN2O/c1-2-20(15-5-3-4-14(19)10-15)11-16-9-12-8-13(18)6-7-17(12)21-16/h3-8,10,16H,2,9,11,19H2,1H3. The van der Waals surface area contributed by atoms with Crippen molar-refractivity contribution in [3.05, 3.63) is 53.8 Å². The molecular formula is C17H19FN2O. The van der Waals surface area contributed by atoms with Crippen LogP contribution < -0.4 is 15.4 Å². The Kier molecular flexibility index (Phi) is 3.69. The van der Waals surface area contributed by atoms with Crippen molar-refractivity contribution in [3.8, 4) is 5.75 Å². The lowest BCUT2D eigenvalue weighted by molar-refractivity contribution is 0.237. The smallest absolute Gasteiger partial charge is 0.123 e. The number of rotatable bonds is 4. The summed E-state index contributed by atoms with van der Waals surface area (Å²) in [6.45, 7) is 3.73. The van der Waals surface area contributed by atoms with E-state index in [0.717, 1.165) is 42.2 Å². The second kappa shape index (κ2) is 5.64. The third-order valence-corrected chi connectivity index (χ3v) is 3.80. The first kappa shape index (κ1) is 13.7. The minimum atomic E-state index is -0.207. The molecule has 0 spiro atoms. The zero-order valence-corrected chi connectivity index (χ0v) is 12.1. The number of ether oxygens (including phenoxy) is 1. The van der Waals surface area contributed by atoms with Gasteiger partial charge in [0.15, 0.2) is 0 Å². The van der Waals surface area contributed by atoms with Crippen LogP contribution in [0.25, 0.3) is 0 Å². The fourth-order valence-electron chi connectivity index (χ4n) is 2.78. The average molecular weight is 286 g/mol. The van der Waals surface area contributed by atoms with Crippen LogP contribution in [0.2, 0.25) is 0 Å². The van der Waals surface area contributed by atoms with Crippen molar-refractivity contribution in [1.29, 1.82) is 0 Å². The van der Waals surface area contributed by atoms with Gasteiger partial charge in [0.1, 0.15) is 17.7 Å². The molecule has 2 N–H and O–H groups in total. The molecule has 0 aliphatic carbocycles. The van der Waals surface area contributed by atoms with Crippen LogP contribution >= 0.6 is 0 Å². The van der Waals surface area contributed by atoms with E-state index in [1.54, 1.807) is 12.1 Å². The predicted molar refractivity (Wildman–Crippen MR) is 83.3 cm³/mol. The zero-order chi connectivity index (χ0) is 14.8. The molecule has 0 radical (unpaired) electrons. The van der Waals surface area contributed by atoms with Crippen LogP contribution in [0.5, 0.6) is 5.75 Å². The van der Waals surface area contributed by atoms with Gasteiger partial charge in [0.2, 0.25) is 0 Å². The number of nitrogen functional groups attached to an aromatic ring is 1. The zero-order valence-electron chi connectivity index (χ0n) is 12.1. The fraction of sp³-hybridized carbons (Fsp3) is 0.294. The van der Waals surface area contributed by atoms with Crippen molar-refractivity contribution in [2.24, 2.45) is 0 Å². The number of halogens is 1. The van der Waals surface area contributed by atoms with Crippen molar-refractivity contribution >= 4 is 11.4 Å². The summed E-state index contributed by atoms with van der Waals surface area (Å²) in [6.07, 6.45) is 0.787. The normalized spacial score (nSPS) is 16.4. The van der Waals surface area contributed by atoms with Crippen LogP contribution in [-0.4, -0.2) is 19.2 Å². The Morgan fingerprint density at radius 2 is 2.14 bits per heavy atom. The highest BCUT2D eigenvalue weighted by Gasteiger charge is 2.25. The molecule has 0 bridgehead atoms. The van der Waals surface area contributed by atoms with E-state index in [2.05, 4.69) is 11.8 Å². The summed E-state index contributed by atoms with van der Waals surface area (Å²) < 4.78 is 19.2. The molecule has 0 saturated carbocycles. The van der Waals surface area contributed by atoms with Crippen LogP contribution in [0, 0.1) is 5.82 Å². The largest absolute Gasteiger partial charge is 0.488 e. The highest BCUT2D eigenvalue weighted by atomic mass is 19.1. The van der Waals surface area contributed by atoms with Crippen molar-refractivity contribution in [2.75, 3.05) is 23.7 Å². The number of benzene rings is 2. The topological polar surface area (TPSA) is 38.5 Å². The molecule has 0 amide bonds. The summed E-state index contributed by atoms with van der Waals surface area (Å²) in [5, 5.41) is 0. The number of hydrogen-bond acceptors (Lipinski definition) is 3. The molecule has 4 heteroatoms. The molecule has 3 rings (SSSR count). The van der Waals surface area contributed by atoms with E-state index in [1.165, 1.54) is 6.07 Å². The van der Waals surface area contributed by atoms with Crippen LogP contribution in [0.4, 0.5) is 15.8 Å². The Balaban J connectivity index is 1.72. The van der Waals surface area contributed by atoms with Crippen LogP contribution in [0.1, 0.15) is 12.5 Å². The maximum Gasteiger partial charge on any atom is 0.123 e. The summed E-state index contributed by atoms with van der Waals surface area (Å²) in [7, 11) is 0. The van der Waals surface area contributed by atoms with Crippen molar-refractivity contribution < 1.29 is 9.13 Å². The van der Waals surface area contributed by atoms with Gasteiger partial charge >= 0.3 is 0 Å². The molecule has 21 heavy (non-hydrogen) atoms. The Morgan fingerprint density at radius 1 is 1.29 bits per heavy atom. The van der Waals surface area contributed by atoms with Gasteiger partial charge in [-0.3, -0.25) is 0 Å². The Hall–Kier alpha value is -2.23. The van der Waals surface area contributed by atoms with E-state index >= 15 is 0 Å². The molecule has 110 valence electrons. The summed E-state index contributed by atoms with van der Waals surface area (Å²) in [6, 6.07) is 12.5. The van der Waals surface area contributed by atoms with Crippen molar-refractivity contribution in [3.63, 3.8) is 0 Å². The molecule has 2 aromatic rings. The van der Waals surface area contributed by atoms with Gasteiger partial charge in [0.05, 0.1) is 6.54 Å². The molecule has 1 unspecified atom stereocenters. The molecule has 0 fully saturated rings. The first-order valence-electron chi connectivity index (χ1n) is 7.21. The minimum Gasteiger partial charge on any atom is -0.488 e. The summed E-state index contributed by atoms with van der Waals surface area (Å²) >= 11 is 0. The molecule has 1 aliphatic rings. The van der Waals surface area contributed by atoms with E-state index in [4.69, 9.17) is 10.5 Å². The van der Waals surface area contributed by atoms with E-state index in [9.17, 15) is 4.39 Å². The molecule has 3 nitrogen and oxygen atoms in total. The molecule has 0 aromatic heterocycles. The van der Waals surface area contributed by atoms with Gasteiger partial charge < -0.3 is 15.4 Å². The number of nitrogens with zero attached hydrogens (tertiary/aromatic N) is 1. The van der Waals surface area contributed by atoms with Gasteiger partial charge in [0.25, 0.3) is 0 Å². The van der Waals surface area contributed by atoms with Crippen LogP contribution in [0.15, 0.2) is 42.5 Å². The predicted octanol–water partition coefficient (Wildman–Crippen LogP) is 3.24. The fourth-order valence-corrected chi connectivity index (χ4v) is 2.78. The van der Waals surface area contributed by atoms with Crippen molar-refractivity contribution in [1.82, 2.24) is 0 Å². The highest BCUT2D eigenvalue weighted by molar-refractivity contribution is 5.56. The van der Waals surface area contributed by atoms with E-state index in [1.807, 2.05) is 24.3 Å². The molecule has 1 atom stereocenters. The average Bonchev–Trinajstić information content (AvgIpc) is 2.86. The second-order valence-corrected chi connectivity index (χ2v) is 5.33. The number of fused-ring (bicyclic) bond motifs is 1. The van der Waals surface area contributed by atoms with E-state index < -0.39 is 0 Å². The van der Waals surface area contributed by atoms with Gasteiger partial charge in [0, 0.05) is 29.9 Å². The number of nitrogens with two attached hydrogens (primary N) is 1. The summed E-state index contributed by atoms with van der Waals surface area (Å²) in [4.78, 5) is 2.23. The van der Waals surface area contributed by atoms with Crippen LogP contribution in [-0.2, 0) is 6.42 Å². The lowest BCUT2D eigenvalue weighted by atomic mass is 10.1. The quantitative estimate of drug-likeness (QED) is 0.877. The van der Waals surface area contributed by atoms with Gasteiger partial charge in [-0.15, -0.1) is 0 Å². The molecule has 1 heterocycles. The van der Waals surface area contributed by atoms with Crippen LogP contribution in [0.3, 0.4) is 0 Å². The first-order chi connectivity index (χ1) is 10.2. The number of hydrogen-bond donors (Lipinski definition) is 1. The van der Waals surface area contributed by atoms with Gasteiger partial charge in [-0.05, 0) is 43.3 Å². The number of likely N-dealkylation sites (N-methyl/N-ethyl adjacent to an activating group) is 1. The summed E-state index contributed by atoms with van der Waals surface area (Å²) in [5.74, 6) is 0.589. The minimum absolute atomic E-state index is 0.0446. The molecule has 0 saturated heterocycles. The van der Waals surface area contributed by atoms with Crippen molar-refractivity contribution in [2.45, 2.75) is 19.4 Å². The molecule has 2 aromatic carbocycles. The first-order valence-corrected chi connectivity index (χ1v) is 7.21. The van der Waals surface area contributed by atoms with Gasteiger partial charge in [-0.25, -0.2) is 4.39 Å². The van der Waals surface area contributed by atoms with E-state index in [-0.39, 0.29) is 11.9 Å². The molecule has 1 aliphatic heterocycles. The Bertz CT molecular complexity index is 644.